The second-order valence-electron chi connectivity index (χ2n) is 6.64. The van der Waals surface area contributed by atoms with Gasteiger partial charge in [-0.15, -0.1) is 0 Å². The van der Waals surface area contributed by atoms with Crippen molar-refractivity contribution in [1.29, 1.82) is 0 Å². The number of nitrogens with one attached hydrogen (secondary N) is 1. The molecule has 2 aromatic carbocycles. The van der Waals surface area contributed by atoms with Crippen molar-refractivity contribution in [2.24, 2.45) is 0 Å². The van der Waals surface area contributed by atoms with Crippen molar-refractivity contribution in [3.63, 3.8) is 0 Å². The number of carbonyl (C=O) groups is 3. The highest BCUT2D eigenvalue weighted by molar-refractivity contribution is 6.11. The lowest BCUT2D eigenvalue weighted by atomic mass is 9.91. The second-order valence-corrected chi connectivity index (χ2v) is 6.64. The number of Topliss-reactive ketones (excluding diaryl/α,β-unsaturated/α-hetero) is 1. The third-order valence-corrected chi connectivity index (χ3v) is 4.61. The number of ketones is 1. The van der Waals surface area contributed by atoms with Crippen LogP contribution in [0.5, 0.6) is 5.75 Å². The number of amides is 3. The van der Waals surface area contributed by atoms with Gasteiger partial charge in [0.1, 0.15) is 11.3 Å². The number of rotatable bonds is 6. The van der Waals surface area contributed by atoms with Gasteiger partial charge in [0.25, 0.3) is 5.91 Å². The summed E-state index contributed by atoms with van der Waals surface area (Å²) in [6.07, 6.45) is 0. The Morgan fingerprint density at radius 2 is 1.71 bits per heavy atom. The Hall–Kier alpha value is -3.29. The first-order valence-electron chi connectivity index (χ1n) is 8.50. The standard InChI is InChI=1S/C20H18F2N2O4/c1-12-3-7-14(8-4-12)20(2)17(26)24(19(27)23-20)11-16(25)13-5-9-15(10-6-13)28-18(21)22/h3-10,18H,11H2,1-2H3,(H,23,27)/t20-/m1/s1. The highest BCUT2D eigenvalue weighted by Gasteiger charge is 2.49. The van der Waals surface area contributed by atoms with E-state index in [2.05, 4.69) is 10.1 Å². The topological polar surface area (TPSA) is 75.7 Å². The van der Waals surface area contributed by atoms with Crippen molar-refractivity contribution < 1.29 is 27.9 Å². The molecule has 1 aliphatic heterocycles. The first-order valence-corrected chi connectivity index (χ1v) is 8.50. The average molecular weight is 388 g/mol. The van der Waals surface area contributed by atoms with Gasteiger partial charge >= 0.3 is 12.6 Å². The molecule has 1 saturated heterocycles. The lowest BCUT2D eigenvalue weighted by Gasteiger charge is -2.22. The first kappa shape index (κ1) is 19.5. The van der Waals surface area contributed by atoms with Gasteiger partial charge in [-0.05, 0) is 43.7 Å². The van der Waals surface area contributed by atoms with Crippen LogP contribution in [-0.4, -0.2) is 35.8 Å². The van der Waals surface area contributed by atoms with E-state index in [1.165, 1.54) is 24.3 Å². The fourth-order valence-corrected chi connectivity index (χ4v) is 2.98. The molecule has 1 heterocycles. The summed E-state index contributed by atoms with van der Waals surface area (Å²) in [5, 5.41) is 2.64. The van der Waals surface area contributed by atoms with Gasteiger partial charge in [0.05, 0.1) is 6.54 Å². The van der Waals surface area contributed by atoms with Crippen LogP contribution >= 0.6 is 0 Å². The first-order chi connectivity index (χ1) is 13.2. The van der Waals surface area contributed by atoms with Crippen molar-refractivity contribution in [3.05, 3.63) is 65.2 Å². The van der Waals surface area contributed by atoms with E-state index in [1.54, 1.807) is 19.1 Å². The van der Waals surface area contributed by atoms with E-state index < -0.39 is 36.4 Å². The molecule has 0 aliphatic carbocycles. The smallest absolute Gasteiger partial charge is 0.387 e. The van der Waals surface area contributed by atoms with Crippen LogP contribution in [0.4, 0.5) is 13.6 Å². The number of hydrogen-bond donors (Lipinski definition) is 1. The number of halogens is 2. The highest BCUT2D eigenvalue weighted by atomic mass is 19.3. The fourth-order valence-electron chi connectivity index (χ4n) is 2.98. The zero-order chi connectivity index (χ0) is 20.5. The number of alkyl halides is 2. The van der Waals surface area contributed by atoms with Crippen LogP contribution in [0.1, 0.15) is 28.4 Å². The van der Waals surface area contributed by atoms with Gasteiger partial charge in [-0.2, -0.15) is 8.78 Å². The van der Waals surface area contributed by atoms with E-state index in [0.717, 1.165) is 10.5 Å². The molecule has 0 unspecified atom stereocenters. The molecule has 3 rings (SSSR count). The number of imide groups is 1. The molecule has 3 amide bonds. The van der Waals surface area contributed by atoms with Gasteiger partial charge in [-0.25, -0.2) is 4.79 Å². The average Bonchev–Trinajstić information content (AvgIpc) is 2.86. The molecule has 0 radical (unpaired) electrons. The van der Waals surface area contributed by atoms with E-state index in [1.807, 2.05) is 19.1 Å². The molecule has 0 bridgehead atoms. The van der Waals surface area contributed by atoms with E-state index in [-0.39, 0.29) is 11.3 Å². The van der Waals surface area contributed by atoms with Crippen LogP contribution in [0.15, 0.2) is 48.5 Å². The summed E-state index contributed by atoms with van der Waals surface area (Å²) in [6, 6.07) is 11.5. The molecular formula is C20H18F2N2O4. The minimum Gasteiger partial charge on any atom is -0.435 e. The number of hydrogen-bond acceptors (Lipinski definition) is 4. The molecule has 28 heavy (non-hydrogen) atoms. The minimum atomic E-state index is -2.97. The molecule has 1 atom stereocenters. The van der Waals surface area contributed by atoms with E-state index in [0.29, 0.717) is 5.56 Å². The van der Waals surface area contributed by atoms with Crippen LogP contribution in [0, 0.1) is 6.92 Å². The molecule has 0 aromatic heterocycles. The van der Waals surface area contributed by atoms with Crippen LogP contribution < -0.4 is 10.1 Å². The van der Waals surface area contributed by atoms with Crippen molar-refractivity contribution in [3.8, 4) is 5.75 Å². The quantitative estimate of drug-likeness (QED) is 0.609. The third kappa shape index (κ3) is 3.71. The number of aryl methyl sites for hydroxylation is 1. The molecule has 146 valence electrons. The summed E-state index contributed by atoms with van der Waals surface area (Å²) in [7, 11) is 0. The van der Waals surface area contributed by atoms with Gasteiger partial charge in [0.2, 0.25) is 0 Å². The predicted octanol–water partition coefficient (Wildman–Crippen LogP) is 3.25. The van der Waals surface area contributed by atoms with E-state index in [9.17, 15) is 23.2 Å². The molecule has 1 N–H and O–H groups in total. The fraction of sp³-hybridized carbons (Fsp3) is 0.250. The molecule has 6 nitrogen and oxygen atoms in total. The van der Waals surface area contributed by atoms with E-state index >= 15 is 0 Å². The Balaban J connectivity index is 1.75. The molecular weight excluding hydrogens is 370 g/mol. The highest BCUT2D eigenvalue weighted by Crippen LogP contribution is 2.29. The normalized spacial score (nSPS) is 19.1. The number of benzene rings is 2. The maximum atomic E-state index is 12.9. The summed E-state index contributed by atoms with van der Waals surface area (Å²) in [6.45, 7) is 0.0657. The Kier molecular flexibility index (Phi) is 5.13. The Morgan fingerprint density at radius 3 is 2.29 bits per heavy atom. The van der Waals surface area contributed by atoms with Gasteiger partial charge < -0.3 is 10.1 Å². The number of ether oxygens (including phenoxy) is 1. The van der Waals surface area contributed by atoms with Crippen molar-refractivity contribution in [2.75, 3.05) is 6.54 Å². The summed E-state index contributed by atoms with van der Waals surface area (Å²) < 4.78 is 28.6. The second kappa shape index (κ2) is 7.38. The molecule has 2 aromatic rings. The summed E-state index contributed by atoms with van der Waals surface area (Å²) >= 11 is 0. The lowest BCUT2D eigenvalue weighted by molar-refractivity contribution is -0.130. The third-order valence-electron chi connectivity index (χ3n) is 4.61. The molecule has 1 aliphatic rings. The SMILES string of the molecule is Cc1ccc([C@@]2(C)NC(=O)N(CC(=O)c3ccc(OC(F)F)cc3)C2=O)cc1. The summed E-state index contributed by atoms with van der Waals surface area (Å²) in [5.74, 6) is -1.12. The maximum absolute atomic E-state index is 12.9. The minimum absolute atomic E-state index is 0.0894. The van der Waals surface area contributed by atoms with Crippen molar-refractivity contribution in [2.45, 2.75) is 26.0 Å². The van der Waals surface area contributed by atoms with Crippen molar-refractivity contribution >= 4 is 17.7 Å². The number of urea groups is 1. The van der Waals surface area contributed by atoms with Crippen LogP contribution in [0.25, 0.3) is 0 Å². The van der Waals surface area contributed by atoms with Gasteiger partial charge in [-0.3, -0.25) is 14.5 Å². The Morgan fingerprint density at radius 1 is 1.11 bits per heavy atom. The van der Waals surface area contributed by atoms with Crippen LogP contribution in [0.2, 0.25) is 0 Å². The van der Waals surface area contributed by atoms with E-state index in [4.69, 9.17) is 0 Å². The van der Waals surface area contributed by atoms with Crippen LogP contribution in [0.3, 0.4) is 0 Å². The van der Waals surface area contributed by atoms with Gasteiger partial charge in [0, 0.05) is 5.56 Å². The molecule has 1 fully saturated rings. The lowest BCUT2D eigenvalue weighted by Crippen LogP contribution is -2.41. The van der Waals surface area contributed by atoms with Crippen molar-refractivity contribution in [1.82, 2.24) is 10.2 Å². The van der Waals surface area contributed by atoms with Gasteiger partial charge in [0.15, 0.2) is 5.78 Å². The number of nitrogens with zero attached hydrogens (tertiary/aromatic N) is 1. The molecule has 8 heteroatoms. The largest absolute Gasteiger partial charge is 0.435 e. The zero-order valence-electron chi connectivity index (χ0n) is 15.2. The Labute approximate surface area is 160 Å². The zero-order valence-corrected chi connectivity index (χ0v) is 15.2. The van der Waals surface area contributed by atoms with Gasteiger partial charge in [-0.1, -0.05) is 29.8 Å². The van der Waals surface area contributed by atoms with Crippen LogP contribution in [-0.2, 0) is 10.3 Å². The molecule has 0 saturated carbocycles. The molecule has 0 spiro atoms. The summed E-state index contributed by atoms with van der Waals surface area (Å²) in [4.78, 5) is 38.5. The number of carbonyl (C=O) groups excluding carboxylic acids is 3. The Bertz CT molecular complexity index is 913. The maximum Gasteiger partial charge on any atom is 0.387 e. The monoisotopic (exact) mass is 388 g/mol. The summed E-state index contributed by atoms with van der Waals surface area (Å²) in [5.41, 5.74) is 0.529. The predicted molar refractivity (Wildman–Crippen MR) is 96.2 cm³/mol.